The molecular weight excluding hydrogens is 289 g/mol. The van der Waals surface area contributed by atoms with E-state index in [1.165, 1.54) is 0 Å². The molecule has 0 saturated carbocycles. The van der Waals surface area contributed by atoms with E-state index in [0.29, 0.717) is 6.07 Å². The minimum Gasteiger partial charge on any atom is -0.481 e. The second-order valence-corrected chi connectivity index (χ2v) is 3.34. The number of nitrogens with zero attached hydrogens (tertiary/aromatic N) is 2. The maximum Gasteiger partial charge on any atom is 0.574 e. The summed E-state index contributed by atoms with van der Waals surface area (Å²) in [5.74, 6) is -3.17. The van der Waals surface area contributed by atoms with Crippen molar-refractivity contribution in [2.75, 3.05) is 7.11 Å². The minimum absolute atomic E-state index is 0.383. The van der Waals surface area contributed by atoms with Crippen molar-refractivity contribution in [1.29, 1.82) is 0 Å². The molecule has 1 aromatic heterocycles. The number of carbonyl (C=O) groups is 1. The summed E-state index contributed by atoms with van der Waals surface area (Å²) >= 11 is 0. The first-order chi connectivity index (χ1) is 9.14. The number of alkyl halides is 3. The molecule has 0 bridgehead atoms. The molecule has 0 aliphatic rings. The summed E-state index contributed by atoms with van der Waals surface area (Å²) in [6.07, 6.45) is -5.93. The van der Waals surface area contributed by atoms with Crippen LogP contribution in [0.3, 0.4) is 0 Å². The standard InChI is InChI=1S/C9H7F3N2O6/c1-19-8-4(2-7(15)16)5(14(17)18)3-6(13-8)20-9(10,11)12/h3H,2H2,1H3,(H,15,16). The topological polar surface area (TPSA) is 112 Å². The highest BCUT2D eigenvalue weighted by Crippen LogP contribution is 2.33. The van der Waals surface area contributed by atoms with Gasteiger partial charge in [-0.1, -0.05) is 0 Å². The molecule has 1 N–H and O–H groups in total. The fourth-order valence-corrected chi connectivity index (χ4v) is 1.33. The van der Waals surface area contributed by atoms with E-state index in [0.717, 1.165) is 7.11 Å². The number of methoxy groups -OCH3 is 1. The third-order valence-electron chi connectivity index (χ3n) is 1.98. The summed E-state index contributed by atoms with van der Waals surface area (Å²) in [6.45, 7) is 0. The van der Waals surface area contributed by atoms with E-state index in [-0.39, 0.29) is 0 Å². The van der Waals surface area contributed by atoms with Crippen molar-refractivity contribution < 1.29 is 37.5 Å². The molecular formula is C9H7F3N2O6. The summed E-state index contributed by atoms with van der Waals surface area (Å²) in [5.41, 5.74) is -1.35. The van der Waals surface area contributed by atoms with Gasteiger partial charge in [-0.05, 0) is 0 Å². The number of carboxylic acid groups (broad SMARTS) is 1. The number of pyridine rings is 1. The van der Waals surface area contributed by atoms with Gasteiger partial charge in [-0.2, -0.15) is 4.98 Å². The Hall–Kier alpha value is -2.59. The molecule has 1 rings (SSSR count). The number of rotatable bonds is 5. The van der Waals surface area contributed by atoms with E-state index in [2.05, 4.69) is 14.5 Å². The van der Waals surface area contributed by atoms with Gasteiger partial charge in [0.15, 0.2) is 0 Å². The van der Waals surface area contributed by atoms with Gasteiger partial charge in [0.05, 0.1) is 24.5 Å². The molecule has 0 spiro atoms. The molecule has 11 heteroatoms. The van der Waals surface area contributed by atoms with Crippen molar-refractivity contribution in [2.45, 2.75) is 12.8 Å². The first-order valence-electron chi connectivity index (χ1n) is 4.84. The van der Waals surface area contributed by atoms with Crippen LogP contribution < -0.4 is 9.47 Å². The van der Waals surface area contributed by atoms with Crippen LogP contribution in [0.4, 0.5) is 18.9 Å². The Bertz CT molecular complexity index is 545. The van der Waals surface area contributed by atoms with Gasteiger partial charge in [0.1, 0.15) is 5.56 Å². The summed E-state index contributed by atoms with van der Waals surface area (Å²) in [5, 5.41) is 19.4. The molecule has 0 atom stereocenters. The average Bonchev–Trinajstić information content (AvgIpc) is 2.27. The third kappa shape index (κ3) is 3.96. The summed E-state index contributed by atoms with van der Waals surface area (Å²) < 4.78 is 44.2. The predicted molar refractivity (Wildman–Crippen MR) is 55.5 cm³/mol. The Morgan fingerprint density at radius 1 is 1.55 bits per heavy atom. The highest BCUT2D eigenvalue weighted by atomic mass is 19.4. The molecule has 110 valence electrons. The summed E-state index contributed by atoms with van der Waals surface area (Å²) in [4.78, 5) is 23.6. The smallest absolute Gasteiger partial charge is 0.481 e. The van der Waals surface area contributed by atoms with E-state index in [1.54, 1.807) is 0 Å². The summed E-state index contributed by atoms with van der Waals surface area (Å²) in [7, 11) is 0.981. The monoisotopic (exact) mass is 296 g/mol. The first-order valence-corrected chi connectivity index (χ1v) is 4.84. The van der Waals surface area contributed by atoms with Gasteiger partial charge in [0.25, 0.3) is 5.69 Å². The van der Waals surface area contributed by atoms with Crippen molar-refractivity contribution >= 4 is 11.7 Å². The van der Waals surface area contributed by atoms with Crippen LogP contribution in [0, 0.1) is 10.1 Å². The Morgan fingerprint density at radius 3 is 2.55 bits per heavy atom. The van der Waals surface area contributed by atoms with Gasteiger partial charge in [-0.25, -0.2) is 0 Å². The Morgan fingerprint density at radius 2 is 2.15 bits per heavy atom. The maximum atomic E-state index is 12.1. The molecule has 1 heterocycles. The second kappa shape index (κ2) is 5.59. The van der Waals surface area contributed by atoms with Gasteiger partial charge < -0.3 is 14.6 Å². The SMILES string of the molecule is COc1nc(OC(F)(F)F)cc([N+](=O)[O-])c1CC(=O)O. The lowest BCUT2D eigenvalue weighted by Crippen LogP contribution is -2.18. The van der Waals surface area contributed by atoms with Crippen LogP contribution in [-0.4, -0.2) is 34.5 Å². The van der Waals surface area contributed by atoms with Crippen LogP contribution in [-0.2, 0) is 11.2 Å². The van der Waals surface area contributed by atoms with E-state index in [9.17, 15) is 28.1 Å². The Labute approximate surface area is 108 Å². The van der Waals surface area contributed by atoms with Crippen LogP contribution in [0.5, 0.6) is 11.8 Å². The van der Waals surface area contributed by atoms with Crippen molar-refractivity contribution in [3.05, 3.63) is 21.7 Å². The van der Waals surface area contributed by atoms with Gasteiger partial charge >= 0.3 is 12.3 Å². The van der Waals surface area contributed by atoms with Crippen molar-refractivity contribution in [2.24, 2.45) is 0 Å². The Balaban J connectivity index is 3.38. The molecule has 0 amide bonds. The largest absolute Gasteiger partial charge is 0.574 e. The highest BCUT2D eigenvalue weighted by Gasteiger charge is 2.34. The molecule has 0 saturated heterocycles. The molecule has 0 aromatic carbocycles. The lowest BCUT2D eigenvalue weighted by Gasteiger charge is -2.11. The number of hydrogen-bond donors (Lipinski definition) is 1. The molecule has 0 fully saturated rings. The maximum absolute atomic E-state index is 12.1. The fraction of sp³-hybridized carbons (Fsp3) is 0.333. The molecule has 20 heavy (non-hydrogen) atoms. The predicted octanol–water partition coefficient (Wildman–Crippen LogP) is 1.52. The third-order valence-corrected chi connectivity index (χ3v) is 1.98. The van der Waals surface area contributed by atoms with Gasteiger partial charge in [0, 0.05) is 0 Å². The van der Waals surface area contributed by atoms with Crippen LogP contribution >= 0.6 is 0 Å². The van der Waals surface area contributed by atoms with Gasteiger partial charge in [0.2, 0.25) is 11.8 Å². The van der Waals surface area contributed by atoms with Crippen LogP contribution in [0.25, 0.3) is 0 Å². The van der Waals surface area contributed by atoms with Crippen molar-refractivity contribution in [1.82, 2.24) is 4.98 Å². The number of aliphatic carboxylic acids is 1. The first kappa shape index (κ1) is 15.5. The number of nitro groups is 1. The number of ether oxygens (including phenoxy) is 2. The van der Waals surface area contributed by atoms with Crippen LogP contribution in [0.15, 0.2) is 6.07 Å². The average molecular weight is 296 g/mol. The zero-order valence-electron chi connectivity index (χ0n) is 9.80. The number of hydrogen-bond acceptors (Lipinski definition) is 6. The fourth-order valence-electron chi connectivity index (χ4n) is 1.33. The second-order valence-electron chi connectivity index (χ2n) is 3.34. The highest BCUT2D eigenvalue weighted by molar-refractivity contribution is 5.73. The molecule has 1 aromatic rings. The molecule has 0 radical (unpaired) electrons. The molecule has 0 aliphatic heterocycles. The van der Waals surface area contributed by atoms with E-state index < -0.39 is 46.7 Å². The van der Waals surface area contributed by atoms with Crippen LogP contribution in [0.1, 0.15) is 5.56 Å². The Kier molecular flexibility index (Phi) is 4.32. The molecule has 0 unspecified atom stereocenters. The zero-order chi connectivity index (χ0) is 15.5. The number of halogens is 3. The number of aromatic nitrogens is 1. The molecule has 0 aliphatic carbocycles. The minimum atomic E-state index is -5.10. The van der Waals surface area contributed by atoms with Gasteiger partial charge in [-0.3, -0.25) is 14.9 Å². The lowest BCUT2D eigenvalue weighted by atomic mass is 10.1. The van der Waals surface area contributed by atoms with Crippen molar-refractivity contribution in [3.63, 3.8) is 0 Å². The van der Waals surface area contributed by atoms with E-state index >= 15 is 0 Å². The molecule has 8 nitrogen and oxygen atoms in total. The van der Waals surface area contributed by atoms with Crippen molar-refractivity contribution in [3.8, 4) is 11.8 Å². The summed E-state index contributed by atoms with van der Waals surface area (Å²) in [6, 6.07) is 0.383. The van der Waals surface area contributed by atoms with Gasteiger partial charge in [-0.15, -0.1) is 13.2 Å². The van der Waals surface area contributed by atoms with Crippen LogP contribution in [0.2, 0.25) is 0 Å². The quantitative estimate of drug-likeness (QED) is 0.647. The van der Waals surface area contributed by atoms with E-state index in [1.807, 2.05) is 0 Å². The zero-order valence-corrected chi connectivity index (χ0v) is 9.80. The van der Waals surface area contributed by atoms with E-state index in [4.69, 9.17) is 5.11 Å². The number of carboxylic acids is 1. The lowest BCUT2D eigenvalue weighted by molar-refractivity contribution is -0.385. The normalized spacial score (nSPS) is 11.0.